The third-order valence-electron chi connectivity index (χ3n) is 2.35. The molecule has 3 amide bonds. The van der Waals surface area contributed by atoms with Gasteiger partial charge in [0.15, 0.2) is 0 Å². The third-order valence-corrected chi connectivity index (χ3v) is 2.35. The van der Waals surface area contributed by atoms with Gasteiger partial charge in [-0.25, -0.2) is 4.79 Å². The molecule has 1 N–H and O–H groups in total. The lowest BCUT2D eigenvalue weighted by molar-refractivity contribution is -0.125. The molecule has 1 fully saturated rings. The van der Waals surface area contributed by atoms with Gasteiger partial charge in [0.1, 0.15) is 0 Å². The van der Waals surface area contributed by atoms with Crippen molar-refractivity contribution in [2.24, 2.45) is 5.92 Å². The van der Waals surface area contributed by atoms with Gasteiger partial charge in [-0.2, -0.15) is 0 Å². The maximum absolute atomic E-state index is 11.4. The zero-order valence-electron chi connectivity index (χ0n) is 8.74. The van der Waals surface area contributed by atoms with Crippen molar-refractivity contribution >= 4 is 11.9 Å². The van der Waals surface area contributed by atoms with Crippen LogP contribution >= 0.6 is 0 Å². The Labute approximate surface area is 83.4 Å². The molecule has 0 bridgehead atoms. The Bertz CT molecular complexity index is 242. The van der Waals surface area contributed by atoms with Crippen molar-refractivity contribution in [1.82, 2.24) is 10.2 Å². The van der Waals surface area contributed by atoms with Crippen molar-refractivity contribution in [2.45, 2.75) is 19.9 Å². The van der Waals surface area contributed by atoms with Crippen LogP contribution in [0.1, 0.15) is 13.8 Å². The average Bonchev–Trinajstić information content (AvgIpc) is 2.11. The predicted octanol–water partition coefficient (Wildman–Crippen LogP) is 0.209. The lowest BCUT2D eigenvalue weighted by Gasteiger charge is -2.34. The molecule has 1 aliphatic rings. The molecule has 0 spiro atoms. The van der Waals surface area contributed by atoms with Crippen LogP contribution in [0.5, 0.6) is 0 Å². The second kappa shape index (κ2) is 4.41. The molecule has 14 heavy (non-hydrogen) atoms. The topological polar surface area (TPSA) is 58.6 Å². The Kier molecular flexibility index (Phi) is 3.46. The van der Waals surface area contributed by atoms with E-state index in [2.05, 4.69) is 5.32 Å². The average molecular weight is 200 g/mol. The third kappa shape index (κ3) is 2.23. The van der Waals surface area contributed by atoms with Gasteiger partial charge in [-0.3, -0.25) is 10.1 Å². The first kappa shape index (κ1) is 11.0. The highest BCUT2D eigenvalue weighted by Crippen LogP contribution is 2.10. The van der Waals surface area contributed by atoms with Crippen LogP contribution in [0.25, 0.3) is 0 Å². The number of methoxy groups -OCH3 is 1. The number of nitrogens with one attached hydrogen (secondary N) is 1. The molecule has 5 nitrogen and oxygen atoms in total. The minimum atomic E-state index is -0.322. The fraction of sp³-hybridized carbons (Fsp3) is 0.778. The second-order valence-electron chi connectivity index (χ2n) is 3.65. The molecule has 0 aromatic heterocycles. The fourth-order valence-electron chi connectivity index (χ4n) is 1.47. The van der Waals surface area contributed by atoms with E-state index in [1.165, 1.54) is 0 Å². The van der Waals surface area contributed by atoms with Crippen LogP contribution in [0.3, 0.4) is 0 Å². The summed E-state index contributed by atoms with van der Waals surface area (Å²) in [6, 6.07) is -0.326. The summed E-state index contributed by atoms with van der Waals surface area (Å²) in [6.07, 6.45) is 0. The van der Waals surface area contributed by atoms with Gasteiger partial charge in [0, 0.05) is 13.7 Å². The van der Waals surface area contributed by atoms with Crippen LogP contribution < -0.4 is 5.32 Å². The molecule has 0 aliphatic carbocycles. The van der Waals surface area contributed by atoms with Crippen molar-refractivity contribution in [3.63, 3.8) is 0 Å². The Morgan fingerprint density at radius 1 is 1.64 bits per heavy atom. The number of ether oxygens (including phenoxy) is 1. The normalized spacial score (nSPS) is 24.8. The smallest absolute Gasteiger partial charge is 0.324 e. The van der Waals surface area contributed by atoms with Gasteiger partial charge < -0.3 is 9.64 Å². The second-order valence-corrected chi connectivity index (χ2v) is 3.65. The summed E-state index contributed by atoms with van der Waals surface area (Å²) in [5, 5.41) is 2.31. The lowest BCUT2D eigenvalue weighted by Crippen LogP contribution is -2.57. The lowest BCUT2D eigenvalue weighted by atomic mass is 10.1. The first-order chi connectivity index (χ1) is 6.56. The largest absolute Gasteiger partial charge is 0.383 e. The number of rotatable bonds is 3. The molecule has 2 unspecified atom stereocenters. The molecular weight excluding hydrogens is 184 g/mol. The maximum Gasteiger partial charge on any atom is 0.324 e. The molecule has 0 aromatic carbocycles. The Morgan fingerprint density at radius 2 is 2.29 bits per heavy atom. The van der Waals surface area contributed by atoms with Crippen LogP contribution in [0.4, 0.5) is 4.79 Å². The van der Waals surface area contributed by atoms with Crippen molar-refractivity contribution in [2.75, 3.05) is 20.3 Å². The van der Waals surface area contributed by atoms with Crippen molar-refractivity contribution in [3.8, 4) is 0 Å². The zero-order valence-corrected chi connectivity index (χ0v) is 8.74. The van der Waals surface area contributed by atoms with E-state index in [1.54, 1.807) is 18.9 Å². The van der Waals surface area contributed by atoms with Crippen molar-refractivity contribution in [3.05, 3.63) is 0 Å². The van der Waals surface area contributed by atoms with E-state index in [0.717, 1.165) is 0 Å². The maximum atomic E-state index is 11.4. The number of hydrogen-bond donors (Lipinski definition) is 1. The van der Waals surface area contributed by atoms with E-state index < -0.39 is 0 Å². The first-order valence-electron chi connectivity index (χ1n) is 4.66. The van der Waals surface area contributed by atoms with Gasteiger partial charge in [0.2, 0.25) is 5.91 Å². The van der Waals surface area contributed by atoms with Crippen LogP contribution in [0.2, 0.25) is 0 Å². The molecule has 2 atom stereocenters. The molecule has 1 heterocycles. The summed E-state index contributed by atoms with van der Waals surface area (Å²) < 4.78 is 4.96. The monoisotopic (exact) mass is 200 g/mol. The summed E-state index contributed by atoms with van der Waals surface area (Å²) in [6.45, 7) is 4.64. The van der Waals surface area contributed by atoms with Gasteiger partial charge >= 0.3 is 6.03 Å². The number of nitrogens with zero attached hydrogens (tertiary/aromatic N) is 1. The first-order valence-corrected chi connectivity index (χ1v) is 4.66. The van der Waals surface area contributed by atoms with E-state index >= 15 is 0 Å². The van der Waals surface area contributed by atoms with E-state index in [-0.39, 0.29) is 23.9 Å². The van der Waals surface area contributed by atoms with E-state index in [9.17, 15) is 9.59 Å². The summed E-state index contributed by atoms with van der Waals surface area (Å²) in [5.41, 5.74) is 0. The summed E-state index contributed by atoms with van der Waals surface area (Å²) >= 11 is 0. The highest BCUT2D eigenvalue weighted by atomic mass is 16.5. The minimum Gasteiger partial charge on any atom is -0.383 e. The van der Waals surface area contributed by atoms with Crippen molar-refractivity contribution in [1.29, 1.82) is 0 Å². The number of carbonyl (C=O) groups excluding carboxylic acids is 2. The molecule has 1 saturated heterocycles. The predicted molar refractivity (Wildman–Crippen MR) is 50.7 cm³/mol. The van der Waals surface area contributed by atoms with Gasteiger partial charge in [-0.1, -0.05) is 6.92 Å². The fourth-order valence-corrected chi connectivity index (χ4v) is 1.47. The standard InChI is InChI=1S/C9H16N2O3/c1-6-4-11(7(2)5-14-3)9(13)10-8(6)12/h6-7H,4-5H2,1-3H3,(H,10,12,13). The summed E-state index contributed by atoms with van der Waals surface area (Å²) in [4.78, 5) is 24.2. The Balaban J connectivity index is 2.61. The molecule has 80 valence electrons. The van der Waals surface area contributed by atoms with E-state index in [4.69, 9.17) is 4.74 Å². The SMILES string of the molecule is COCC(C)N1CC(C)C(=O)NC1=O. The quantitative estimate of drug-likeness (QED) is 0.708. The number of imide groups is 1. The van der Waals surface area contributed by atoms with E-state index in [0.29, 0.717) is 13.2 Å². The van der Waals surface area contributed by atoms with Gasteiger partial charge in [-0.15, -0.1) is 0 Å². The molecule has 0 aromatic rings. The number of hydrogen-bond acceptors (Lipinski definition) is 3. The van der Waals surface area contributed by atoms with Gasteiger partial charge in [0.25, 0.3) is 0 Å². The highest BCUT2D eigenvalue weighted by molar-refractivity contribution is 5.97. The van der Waals surface area contributed by atoms with Crippen molar-refractivity contribution < 1.29 is 14.3 Å². The Hall–Kier alpha value is -1.10. The summed E-state index contributed by atoms with van der Waals surface area (Å²) in [5.74, 6) is -0.345. The van der Waals surface area contributed by atoms with Crippen LogP contribution in [-0.2, 0) is 9.53 Å². The zero-order chi connectivity index (χ0) is 10.7. The van der Waals surface area contributed by atoms with Gasteiger partial charge in [0.05, 0.1) is 18.6 Å². The van der Waals surface area contributed by atoms with Crippen LogP contribution in [0, 0.1) is 5.92 Å². The molecule has 5 heteroatoms. The number of amides is 3. The van der Waals surface area contributed by atoms with E-state index in [1.807, 2.05) is 6.92 Å². The molecule has 1 aliphatic heterocycles. The highest BCUT2D eigenvalue weighted by Gasteiger charge is 2.31. The minimum absolute atomic E-state index is 0.00412. The van der Waals surface area contributed by atoms with Crippen LogP contribution in [-0.4, -0.2) is 43.1 Å². The molecule has 1 rings (SSSR count). The van der Waals surface area contributed by atoms with Crippen LogP contribution in [0.15, 0.2) is 0 Å². The molecular formula is C9H16N2O3. The summed E-state index contributed by atoms with van der Waals surface area (Å²) in [7, 11) is 1.59. The number of urea groups is 1. The van der Waals surface area contributed by atoms with Gasteiger partial charge in [-0.05, 0) is 6.92 Å². The number of carbonyl (C=O) groups is 2. The Morgan fingerprint density at radius 3 is 2.86 bits per heavy atom. The molecule has 0 radical (unpaired) electrons. The molecule has 0 saturated carbocycles.